The Balaban J connectivity index is 2.43. The van der Waals surface area contributed by atoms with Crippen molar-refractivity contribution in [2.75, 3.05) is 6.54 Å². The molecule has 94 valence electrons. The van der Waals surface area contributed by atoms with Gasteiger partial charge in [-0.1, -0.05) is 34.1 Å². The minimum absolute atomic E-state index is 0.0229. The summed E-state index contributed by atoms with van der Waals surface area (Å²) in [5.41, 5.74) is 1.10. The number of alkyl halides is 1. The number of hydrogen-bond acceptors (Lipinski definition) is 2. The number of hydrogen-bond donors (Lipinski definition) is 1. The van der Waals surface area contributed by atoms with Crippen LogP contribution in [0.4, 0.5) is 0 Å². The molecule has 2 unspecified atom stereocenters. The maximum absolute atomic E-state index is 11.4. The third-order valence-corrected chi connectivity index (χ3v) is 2.76. The topological polar surface area (TPSA) is 38.3 Å². The number of ether oxygens (including phenoxy) is 1. The lowest BCUT2D eigenvalue weighted by molar-refractivity contribution is -0.120. The molecule has 0 radical (unpaired) electrons. The maximum Gasteiger partial charge on any atom is 0.233 e. The average molecular weight is 300 g/mol. The molecule has 0 saturated carbocycles. The van der Waals surface area contributed by atoms with Crippen LogP contribution in [0.25, 0.3) is 0 Å². The molecule has 0 bridgehead atoms. The van der Waals surface area contributed by atoms with Crippen LogP contribution in [-0.4, -0.2) is 23.4 Å². The van der Waals surface area contributed by atoms with E-state index in [4.69, 9.17) is 4.74 Å². The van der Waals surface area contributed by atoms with Crippen LogP contribution < -0.4 is 10.1 Å². The van der Waals surface area contributed by atoms with Crippen LogP contribution in [-0.2, 0) is 4.79 Å². The van der Waals surface area contributed by atoms with E-state index in [0.29, 0.717) is 6.54 Å². The summed E-state index contributed by atoms with van der Waals surface area (Å²) in [6.07, 6.45) is -0.0497. The number of rotatable bonds is 5. The van der Waals surface area contributed by atoms with Crippen LogP contribution in [0.2, 0.25) is 0 Å². The van der Waals surface area contributed by atoms with E-state index in [0.717, 1.165) is 11.3 Å². The molecule has 1 N–H and O–H groups in total. The lowest BCUT2D eigenvalue weighted by Gasteiger charge is -2.17. The molecule has 0 heterocycles. The van der Waals surface area contributed by atoms with Crippen molar-refractivity contribution in [3.63, 3.8) is 0 Å². The van der Waals surface area contributed by atoms with Gasteiger partial charge in [-0.2, -0.15) is 0 Å². The van der Waals surface area contributed by atoms with E-state index in [1.165, 1.54) is 0 Å². The summed E-state index contributed by atoms with van der Waals surface area (Å²) in [6.45, 7) is 6.23. The van der Waals surface area contributed by atoms with Crippen LogP contribution in [0.1, 0.15) is 19.4 Å². The average Bonchev–Trinajstić information content (AvgIpc) is 2.29. The number of halogens is 1. The van der Waals surface area contributed by atoms with Crippen molar-refractivity contribution in [2.45, 2.75) is 31.7 Å². The van der Waals surface area contributed by atoms with Crippen molar-refractivity contribution in [1.29, 1.82) is 0 Å². The standard InChI is InChI=1S/C13H18BrNO2/c1-9-6-4-5-7-12(9)17-10(2)8-15-13(16)11(3)14/h4-7,10-11H,8H2,1-3H3,(H,15,16). The van der Waals surface area contributed by atoms with E-state index in [2.05, 4.69) is 21.2 Å². The van der Waals surface area contributed by atoms with Crippen molar-refractivity contribution in [3.8, 4) is 5.75 Å². The van der Waals surface area contributed by atoms with Gasteiger partial charge in [0, 0.05) is 0 Å². The number of aryl methyl sites for hydroxylation is 1. The van der Waals surface area contributed by atoms with Gasteiger partial charge in [0.15, 0.2) is 0 Å². The molecule has 0 aliphatic heterocycles. The fraction of sp³-hybridized carbons (Fsp3) is 0.462. The molecule has 3 nitrogen and oxygen atoms in total. The highest BCUT2D eigenvalue weighted by molar-refractivity contribution is 9.10. The van der Waals surface area contributed by atoms with Gasteiger partial charge < -0.3 is 10.1 Å². The lowest BCUT2D eigenvalue weighted by atomic mass is 10.2. The van der Waals surface area contributed by atoms with Gasteiger partial charge in [-0.15, -0.1) is 0 Å². The fourth-order valence-electron chi connectivity index (χ4n) is 1.33. The van der Waals surface area contributed by atoms with Gasteiger partial charge in [0.2, 0.25) is 5.91 Å². The molecule has 17 heavy (non-hydrogen) atoms. The summed E-state index contributed by atoms with van der Waals surface area (Å²) in [6, 6.07) is 7.84. The fourth-order valence-corrected chi connectivity index (χ4v) is 1.49. The molecule has 1 amide bonds. The van der Waals surface area contributed by atoms with E-state index in [9.17, 15) is 4.79 Å². The molecule has 4 heteroatoms. The first kappa shape index (κ1) is 14.0. The first-order chi connectivity index (χ1) is 8.00. The van der Waals surface area contributed by atoms with Crippen LogP contribution >= 0.6 is 15.9 Å². The third-order valence-electron chi connectivity index (χ3n) is 2.35. The Morgan fingerprint density at radius 2 is 2.06 bits per heavy atom. The van der Waals surface area contributed by atoms with Gasteiger partial charge in [0.25, 0.3) is 0 Å². The third kappa shape index (κ3) is 4.77. The molecule has 0 aromatic heterocycles. The molecule has 2 atom stereocenters. The minimum Gasteiger partial charge on any atom is -0.489 e. The van der Waals surface area contributed by atoms with Crippen molar-refractivity contribution in [2.24, 2.45) is 0 Å². The Bertz CT molecular complexity index is 379. The van der Waals surface area contributed by atoms with E-state index in [1.54, 1.807) is 6.92 Å². The van der Waals surface area contributed by atoms with Crippen LogP contribution in [0.3, 0.4) is 0 Å². The highest BCUT2D eigenvalue weighted by atomic mass is 79.9. The molecular weight excluding hydrogens is 282 g/mol. The van der Waals surface area contributed by atoms with E-state index >= 15 is 0 Å². The number of carbonyl (C=O) groups is 1. The quantitative estimate of drug-likeness (QED) is 0.849. The monoisotopic (exact) mass is 299 g/mol. The van der Waals surface area contributed by atoms with E-state index in [1.807, 2.05) is 38.1 Å². The molecule has 0 fully saturated rings. The van der Waals surface area contributed by atoms with Crippen LogP contribution in [0.15, 0.2) is 24.3 Å². The Morgan fingerprint density at radius 3 is 2.65 bits per heavy atom. The zero-order chi connectivity index (χ0) is 12.8. The van der Waals surface area contributed by atoms with Gasteiger partial charge in [-0.05, 0) is 32.4 Å². The van der Waals surface area contributed by atoms with Crippen LogP contribution in [0, 0.1) is 6.92 Å². The van der Waals surface area contributed by atoms with Crippen molar-refractivity contribution >= 4 is 21.8 Å². The van der Waals surface area contributed by atoms with E-state index in [-0.39, 0.29) is 16.8 Å². The summed E-state index contributed by atoms with van der Waals surface area (Å²) < 4.78 is 5.75. The number of carbonyl (C=O) groups excluding carboxylic acids is 1. The van der Waals surface area contributed by atoms with Gasteiger partial charge in [0.1, 0.15) is 11.9 Å². The number of benzene rings is 1. The minimum atomic E-state index is -0.173. The van der Waals surface area contributed by atoms with Gasteiger partial charge in [-0.3, -0.25) is 4.79 Å². The first-order valence-corrected chi connectivity index (χ1v) is 6.56. The maximum atomic E-state index is 11.4. The predicted molar refractivity (Wildman–Crippen MR) is 72.7 cm³/mol. The first-order valence-electron chi connectivity index (χ1n) is 5.64. The summed E-state index contributed by atoms with van der Waals surface area (Å²) in [4.78, 5) is 11.2. The number of amides is 1. The second-order valence-corrected chi connectivity index (χ2v) is 5.43. The second kappa shape index (κ2) is 6.64. The van der Waals surface area contributed by atoms with E-state index < -0.39 is 0 Å². The highest BCUT2D eigenvalue weighted by Crippen LogP contribution is 2.17. The van der Waals surface area contributed by atoms with Crippen LogP contribution in [0.5, 0.6) is 5.75 Å². The van der Waals surface area contributed by atoms with Crippen molar-refractivity contribution in [3.05, 3.63) is 29.8 Å². The molecule has 0 aliphatic carbocycles. The Hall–Kier alpha value is -1.03. The Labute approximate surface area is 111 Å². The molecule has 1 aromatic carbocycles. The largest absolute Gasteiger partial charge is 0.489 e. The SMILES string of the molecule is Cc1ccccc1OC(C)CNC(=O)C(C)Br. The Kier molecular flexibility index (Phi) is 5.48. The molecule has 0 aliphatic rings. The highest BCUT2D eigenvalue weighted by Gasteiger charge is 2.11. The lowest BCUT2D eigenvalue weighted by Crippen LogP contribution is -2.36. The molecule has 1 rings (SSSR count). The predicted octanol–water partition coefficient (Wildman–Crippen LogP) is 2.66. The summed E-state index contributed by atoms with van der Waals surface area (Å²) in [5, 5.41) is 2.81. The summed E-state index contributed by atoms with van der Waals surface area (Å²) in [5.74, 6) is 0.839. The summed E-state index contributed by atoms with van der Waals surface area (Å²) in [7, 11) is 0. The molecular formula is C13H18BrNO2. The number of para-hydroxylation sites is 1. The molecule has 1 aromatic rings. The van der Waals surface area contributed by atoms with Crippen molar-refractivity contribution in [1.82, 2.24) is 5.32 Å². The van der Waals surface area contributed by atoms with Gasteiger partial charge in [0.05, 0.1) is 11.4 Å². The van der Waals surface area contributed by atoms with Gasteiger partial charge >= 0.3 is 0 Å². The number of nitrogens with one attached hydrogen (secondary N) is 1. The zero-order valence-corrected chi connectivity index (χ0v) is 12.0. The zero-order valence-electron chi connectivity index (χ0n) is 10.4. The Morgan fingerprint density at radius 1 is 1.41 bits per heavy atom. The summed E-state index contributed by atoms with van der Waals surface area (Å²) >= 11 is 3.22. The molecule has 0 saturated heterocycles. The molecule has 0 spiro atoms. The second-order valence-electron chi connectivity index (χ2n) is 4.06. The van der Waals surface area contributed by atoms with Gasteiger partial charge in [-0.25, -0.2) is 0 Å². The van der Waals surface area contributed by atoms with Crippen molar-refractivity contribution < 1.29 is 9.53 Å². The smallest absolute Gasteiger partial charge is 0.233 e. The normalized spacial score (nSPS) is 13.9.